The zero-order valence-corrected chi connectivity index (χ0v) is 14.1. The van der Waals surface area contributed by atoms with Crippen LogP contribution in [0.15, 0.2) is 24.3 Å². The maximum absolute atomic E-state index is 12.2. The van der Waals surface area contributed by atoms with E-state index in [1.165, 1.54) is 0 Å². The van der Waals surface area contributed by atoms with Gasteiger partial charge in [-0.25, -0.2) is 0 Å². The number of rotatable bonds is 8. The fraction of sp³-hybridized carbons (Fsp3) is 0.500. The molecule has 0 radical (unpaired) electrons. The van der Waals surface area contributed by atoms with E-state index in [1.807, 2.05) is 36.9 Å². The van der Waals surface area contributed by atoms with Gasteiger partial charge in [-0.2, -0.15) is 0 Å². The molecule has 0 saturated carbocycles. The number of carbonyl (C=O) groups excluding carboxylic acids is 2. The minimum absolute atomic E-state index is 0.0968. The molecule has 0 heterocycles. The number of benzene rings is 1. The van der Waals surface area contributed by atoms with Gasteiger partial charge >= 0.3 is 0 Å². The molecule has 0 spiro atoms. The van der Waals surface area contributed by atoms with Crippen molar-refractivity contribution in [1.29, 1.82) is 0 Å². The molecule has 0 aromatic heterocycles. The highest BCUT2D eigenvalue weighted by atomic mass is 35.5. The summed E-state index contributed by atoms with van der Waals surface area (Å²) >= 11 is 6.13. The number of halogens is 1. The fourth-order valence-electron chi connectivity index (χ4n) is 2.21. The van der Waals surface area contributed by atoms with Gasteiger partial charge in [-0.3, -0.25) is 14.5 Å². The molecule has 0 bridgehead atoms. The fourth-order valence-corrected chi connectivity index (χ4v) is 2.51. The molecule has 1 rings (SSSR count). The minimum atomic E-state index is -0.176. The maximum Gasteiger partial charge on any atom is 0.234 e. The predicted molar refractivity (Wildman–Crippen MR) is 88.8 cm³/mol. The summed E-state index contributed by atoms with van der Waals surface area (Å²) in [5.74, 6) is -0.217. The Morgan fingerprint density at radius 2 is 1.86 bits per heavy atom. The van der Waals surface area contributed by atoms with Crippen LogP contribution < -0.4 is 10.6 Å². The van der Waals surface area contributed by atoms with Crippen molar-refractivity contribution in [2.45, 2.75) is 26.3 Å². The summed E-state index contributed by atoms with van der Waals surface area (Å²) in [6.07, 6.45) is 0.879. The molecule has 0 aliphatic heterocycles. The first kappa shape index (κ1) is 18.5. The zero-order valence-electron chi connectivity index (χ0n) is 13.4. The van der Waals surface area contributed by atoms with Gasteiger partial charge in [0.25, 0.3) is 0 Å². The van der Waals surface area contributed by atoms with E-state index in [0.29, 0.717) is 11.6 Å². The molecule has 22 heavy (non-hydrogen) atoms. The second kappa shape index (κ2) is 9.43. The van der Waals surface area contributed by atoms with Crippen molar-refractivity contribution in [3.63, 3.8) is 0 Å². The average Bonchev–Trinajstić information content (AvgIpc) is 2.47. The van der Waals surface area contributed by atoms with Crippen LogP contribution in [0, 0.1) is 0 Å². The lowest BCUT2D eigenvalue weighted by Crippen LogP contribution is -2.43. The molecule has 1 aromatic carbocycles. The van der Waals surface area contributed by atoms with E-state index in [0.717, 1.165) is 12.0 Å². The third kappa shape index (κ3) is 6.03. The maximum atomic E-state index is 12.2. The first-order valence-corrected chi connectivity index (χ1v) is 7.82. The molecule has 0 saturated heterocycles. The second-order valence-corrected chi connectivity index (χ2v) is 5.60. The highest BCUT2D eigenvalue weighted by molar-refractivity contribution is 6.31. The smallest absolute Gasteiger partial charge is 0.234 e. The van der Waals surface area contributed by atoms with Crippen molar-refractivity contribution in [1.82, 2.24) is 15.5 Å². The van der Waals surface area contributed by atoms with E-state index < -0.39 is 0 Å². The zero-order chi connectivity index (χ0) is 16.5. The molecule has 0 aliphatic carbocycles. The Morgan fingerprint density at radius 3 is 2.45 bits per heavy atom. The van der Waals surface area contributed by atoms with E-state index in [9.17, 15) is 9.59 Å². The Labute approximate surface area is 137 Å². The summed E-state index contributed by atoms with van der Waals surface area (Å²) in [7, 11) is 1.59. The van der Waals surface area contributed by atoms with Crippen LogP contribution >= 0.6 is 11.6 Å². The van der Waals surface area contributed by atoms with Gasteiger partial charge in [-0.05, 0) is 31.5 Å². The molecule has 0 fully saturated rings. The van der Waals surface area contributed by atoms with Crippen LogP contribution in [-0.4, -0.2) is 43.4 Å². The van der Waals surface area contributed by atoms with Gasteiger partial charge in [0.2, 0.25) is 11.8 Å². The Bertz CT molecular complexity index is 508. The van der Waals surface area contributed by atoms with Crippen LogP contribution in [0.25, 0.3) is 0 Å². The second-order valence-electron chi connectivity index (χ2n) is 5.19. The molecule has 2 amide bonds. The minimum Gasteiger partial charge on any atom is -0.358 e. The van der Waals surface area contributed by atoms with E-state index in [1.54, 1.807) is 13.1 Å². The lowest BCUT2D eigenvalue weighted by atomic mass is 10.1. The molecular weight excluding hydrogens is 302 g/mol. The summed E-state index contributed by atoms with van der Waals surface area (Å²) in [6, 6.07) is 7.26. The van der Waals surface area contributed by atoms with Crippen molar-refractivity contribution in [3.8, 4) is 0 Å². The third-order valence-electron chi connectivity index (χ3n) is 3.30. The van der Waals surface area contributed by atoms with E-state index in [-0.39, 0.29) is 30.9 Å². The first-order valence-electron chi connectivity index (χ1n) is 7.44. The number of hydrogen-bond acceptors (Lipinski definition) is 3. The summed E-state index contributed by atoms with van der Waals surface area (Å²) in [5.41, 5.74) is 0.880. The van der Waals surface area contributed by atoms with Crippen LogP contribution in [-0.2, 0) is 9.59 Å². The summed E-state index contributed by atoms with van der Waals surface area (Å²) in [5, 5.41) is 6.12. The number of amides is 2. The topological polar surface area (TPSA) is 61.4 Å². The molecule has 5 nitrogen and oxygen atoms in total. The molecule has 1 unspecified atom stereocenters. The Kier molecular flexibility index (Phi) is 7.91. The number of nitrogens with zero attached hydrogens (tertiary/aromatic N) is 1. The third-order valence-corrected chi connectivity index (χ3v) is 3.65. The summed E-state index contributed by atoms with van der Waals surface area (Å²) < 4.78 is 0. The van der Waals surface area contributed by atoms with E-state index in [4.69, 9.17) is 11.6 Å². The standard InChI is InChI=1S/C16H24ClN3O2/c1-4-9-20(10-15(21)18-3)11-16(22)19-12(2)13-7-5-6-8-14(13)17/h5-8,12H,4,9-11H2,1-3H3,(H,18,21)(H,19,22). The molecule has 6 heteroatoms. The SMILES string of the molecule is CCCN(CC(=O)NC)CC(=O)NC(C)c1ccccc1Cl. The van der Waals surface area contributed by atoms with Crippen molar-refractivity contribution in [3.05, 3.63) is 34.9 Å². The van der Waals surface area contributed by atoms with Crippen molar-refractivity contribution >= 4 is 23.4 Å². The molecule has 2 N–H and O–H groups in total. The van der Waals surface area contributed by atoms with Crippen LogP contribution in [0.2, 0.25) is 5.02 Å². The van der Waals surface area contributed by atoms with E-state index >= 15 is 0 Å². The van der Waals surface area contributed by atoms with Gasteiger partial charge in [0.15, 0.2) is 0 Å². The van der Waals surface area contributed by atoms with Gasteiger partial charge in [0, 0.05) is 12.1 Å². The normalized spacial score (nSPS) is 12.0. The van der Waals surface area contributed by atoms with Crippen LogP contribution in [0.1, 0.15) is 31.9 Å². The van der Waals surface area contributed by atoms with E-state index in [2.05, 4.69) is 10.6 Å². The number of likely N-dealkylation sites (N-methyl/N-ethyl adjacent to an activating group) is 1. The Morgan fingerprint density at radius 1 is 1.23 bits per heavy atom. The largest absolute Gasteiger partial charge is 0.358 e. The molecule has 1 atom stereocenters. The summed E-state index contributed by atoms with van der Waals surface area (Å²) in [6.45, 7) is 5.01. The number of carbonyl (C=O) groups is 2. The quantitative estimate of drug-likeness (QED) is 0.768. The van der Waals surface area contributed by atoms with Gasteiger partial charge in [0.1, 0.15) is 0 Å². The molecular formula is C16H24ClN3O2. The number of nitrogens with one attached hydrogen (secondary N) is 2. The van der Waals surface area contributed by atoms with Gasteiger partial charge in [-0.15, -0.1) is 0 Å². The van der Waals surface area contributed by atoms with Crippen LogP contribution in [0.5, 0.6) is 0 Å². The lowest BCUT2D eigenvalue weighted by molar-refractivity contribution is -0.125. The predicted octanol–water partition coefficient (Wildman–Crippen LogP) is 1.98. The average molecular weight is 326 g/mol. The van der Waals surface area contributed by atoms with Crippen molar-refractivity contribution in [2.24, 2.45) is 0 Å². The molecule has 0 aliphatic rings. The highest BCUT2D eigenvalue weighted by Crippen LogP contribution is 2.21. The van der Waals surface area contributed by atoms with Crippen LogP contribution in [0.4, 0.5) is 0 Å². The van der Waals surface area contributed by atoms with Gasteiger partial charge < -0.3 is 10.6 Å². The lowest BCUT2D eigenvalue weighted by Gasteiger charge is -2.22. The molecule has 122 valence electrons. The Hall–Kier alpha value is -1.59. The van der Waals surface area contributed by atoms with Gasteiger partial charge in [-0.1, -0.05) is 36.7 Å². The summed E-state index contributed by atoms with van der Waals surface area (Å²) in [4.78, 5) is 25.5. The van der Waals surface area contributed by atoms with Crippen molar-refractivity contribution < 1.29 is 9.59 Å². The van der Waals surface area contributed by atoms with Gasteiger partial charge in [0.05, 0.1) is 19.1 Å². The first-order chi connectivity index (χ1) is 10.5. The van der Waals surface area contributed by atoms with Crippen LogP contribution in [0.3, 0.4) is 0 Å². The molecule has 1 aromatic rings. The highest BCUT2D eigenvalue weighted by Gasteiger charge is 2.16. The Balaban J connectivity index is 2.59. The van der Waals surface area contributed by atoms with Crippen molar-refractivity contribution in [2.75, 3.05) is 26.7 Å². The monoisotopic (exact) mass is 325 g/mol. The number of hydrogen-bond donors (Lipinski definition) is 2.